The van der Waals surface area contributed by atoms with Gasteiger partial charge < -0.3 is 4.90 Å². The molecule has 0 radical (unpaired) electrons. The van der Waals surface area contributed by atoms with Crippen LogP contribution in [0.4, 0.5) is 0 Å². The Hall–Kier alpha value is -0.530. The third-order valence-electron chi connectivity index (χ3n) is 3.67. The number of carbonyl (C=O) groups is 1. The van der Waals surface area contributed by atoms with E-state index in [-0.39, 0.29) is 5.92 Å². The number of rotatable bonds is 5. The maximum Gasteiger partial charge on any atom is 0.225 e. The van der Waals surface area contributed by atoms with Gasteiger partial charge in [-0.2, -0.15) is 0 Å². The highest BCUT2D eigenvalue weighted by Crippen LogP contribution is 2.18. The molecule has 1 fully saturated rings. The molecule has 1 aliphatic rings. The van der Waals surface area contributed by atoms with Crippen LogP contribution in [0.2, 0.25) is 0 Å². The minimum absolute atomic E-state index is 0.290. The van der Waals surface area contributed by atoms with E-state index in [4.69, 9.17) is 0 Å². The fourth-order valence-corrected chi connectivity index (χ4v) is 2.50. The van der Waals surface area contributed by atoms with Crippen LogP contribution in [0.15, 0.2) is 0 Å². The summed E-state index contributed by atoms with van der Waals surface area (Å²) in [6.07, 6.45) is 9.50. The van der Waals surface area contributed by atoms with E-state index in [1.54, 1.807) is 0 Å². The number of nitrogens with zero attached hydrogens (tertiary/aromatic N) is 1. The average Bonchev–Trinajstić information content (AvgIpc) is 2.58. The predicted molar refractivity (Wildman–Crippen MR) is 68.4 cm³/mol. The van der Waals surface area contributed by atoms with Crippen LogP contribution in [-0.2, 0) is 4.79 Å². The lowest BCUT2D eigenvalue weighted by molar-refractivity contribution is -0.135. The molecule has 2 nitrogen and oxygen atoms in total. The molecule has 1 atom stereocenters. The minimum Gasteiger partial charge on any atom is -0.342 e. The SMILES string of the molecule is CCCC[C@H](CC)C(=O)N1CCCCCC1. The molecule has 0 bridgehead atoms. The van der Waals surface area contributed by atoms with Crippen molar-refractivity contribution in [1.29, 1.82) is 0 Å². The van der Waals surface area contributed by atoms with Crippen LogP contribution in [0.1, 0.15) is 65.2 Å². The van der Waals surface area contributed by atoms with Crippen LogP contribution in [0, 0.1) is 5.92 Å². The molecule has 16 heavy (non-hydrogen) atoms. The summed E-state index contributed by atoms with van der Waals surface area (Å²) < 4.78 is 0. The van der Waals surface area contributed by atoms with Crippen LogP contribution in [0.5, 0.6) is 0 Å². The van der Waals surface area contributed by atoms with Crippen LogP contribution < -0.4 is 0 Å². The minimum atomic E-state index is 0.290. The zero-order valence-corrected chi connectivity index (χ0v) is 11.0. The van der Waals surface area contributed by atoms with Gasteiger partial charge in [-0.15, -0.1) is 0 Å². The Kier molecular flexibility index (Phi) is 6.51. The van der Waals surface area contributed by atoms with Crippen molar-refractivity contribution in [2.75, 3.05) is 13.1 Å². The topological polar surface area (TPSA) is 20.3 Å². The first-order chi connectivity index (χ1) is 7.79. The van der Waals surface area contributed by atoms with E-state index in [9.17, 15) is 4.79 Å². The van der Waals surface area contributed by atoms with Gasteiger partial charge in [-0.3, -0.25) is 4.79 Å². The summed E-state index contributed by atoms with van der Waals surface area (Å²) in [4.78, 5) is 14.4. The van der Waals surface area contributed by atoms with Crippen LogP contribution in [-0.4, -0.2) is 23.9 Å². The van der Waals surface area contributed by atoms with Gasteiger partial charge in [0.2, 0.25) is 5.91 Å². The first-order valence-electron chi connectivity index (χ1n) is 7.08. The van der Waals surface area contributed by atoms with Gasteiger partial charge >= 0.3 is 0 Å². The highest BCUT2D eigenvalue weighted by atomic mass is 16.2. The number of carbonyl (C=O) groups excluding carboxylic acids is 1. The van der Waals surface area contributed by atoms with Crippen molar-refractivity contribution in [3.63, 3.8) is 0 Å². The predicted octanol–water partition coefficient (Wildman–Crippen LogP) is 3.61. The highest BCUT2D eigenvalue weighted by Gasteiger charge is 2.22. The second-order valence-corrected chi connectivity index (χ2v) is 4.99. The summed E-state index contributed by atoms with van der Waals surface area (Å²) in [6.45, 7) is 6.35. The van der Waals surface area contributed by atoms with Crippen molar-refractivity contribution in [2.45, 2.75) is 65.2 Å². The van der Waals surface area contributed by atoms with Crippen LogP contribution in [0.3, 0.4) is 0 Å². The van der Waals surface area contributed by atoms with Crippen molar-refractivity contribution < 1.29 is 4.79 Å². The van der Waals surface area contributed by atoms with Crippen molar-refractivity contribution in [3.8, 4) is 0 Å². The molecule has 1 saturated heterocycles. The molecule has 0 N–H and O–H groups in total. The lowest BCUT2D eigenvalue weighted by Gasteiger charge is -2.25. The molecular formula is C14H27NO. The van der Waals surface area contributed by atoms with Gasteiger partial charge in [0.1, 0.15) is 0 Å². The summed E-state index contributed by atoms with van der Waals surface area (Å²) in [5.41, 5.74) is 0. The summed E-state index contributed by atoms with van der Waals surface area (Å²) in [6, 6.07) is 0. The summed E-state index contributed by atoms with van der Waals surface area (Å²) in [7, 11) is 0. The Morgan fingerprint density at radius 1 is 1.12 bits per heavy atom. The van der Waals surface area contributed by atoms with E-state index < -0.39 is 0 Å². The molecule has 0 aromatic carbocycles. The second-order valence-electron chi connectivity index (χ2n) is 4.99. The van der Waals surface area contributed by atoms with Gasteiger partial charge in [0.15, 0.2) is 0 Å². The largest absolute Gasteiger partial charge is 0.342 e. The number of amides is 1. The van der Waals surface area contributed by atoms with Crippen LogP contribution in [0.25, 0.3) is 0 Å². The van der Waals surface area contributed by atoms with E-state index in [0.29, 0.717) is 5.91 Å². The Morgan fingerprint density at radius 3 is 2.25 bits per heavy atom. The monoisotopic (exact) mass is 225 g/mol. The summed E-state index contributed by atoms with van der Waals surface area (Å²) >= 11 is 0. The number of hydrogen-bond acceptors (Lipinski definition) is 1. The van der Waals surface area contributed by atoms with Gasteiger partial charge in [0.05, 0.1) is 0 Å². The molecule has 0 aliphatic carbocycles. The lowest BCUT2D eigenvalue weighted by atomic mass is 9.97. The van der Waals surface area contributed by atoms with Crippen LogP contribution >= 0.6 is 0 Å². The molecule has 1 rings (SSSR count). The van der Waals surface area contributed by atoms with E-state index in [1.807, 2.05) is 0 Å². The number of hydrogen-bond donors (Lipinski definition) is 0. The Morgan fingerprint density at radius 2 is 1.75 bits per heavy atom. The average molecular weight is 225 g/mol. The zero-order chi connectivity index (χ0) is 11.8. The van der Waals surface area contributed by atoms with Crippen molar-refractivity contribution in [1.82, 2.24) is 4.90 Å². The normalized spacial score (nSPS) is 19.2. The summed E-state index contributed by atoms with van der Waals surface area (Å²) in [5.74, 6) is 0.718. The van der Waals surface area contributed by atoms with Gasteiger partial charge in [-0.05, 0) is 25.7 Å². The fourth-order valence-electron chi connectivity index (χ4n) is 2.50. The maximum absolute atomic E-state index is 12.3. The first kappa shape index (κ1) is 13.5. The van der Waals surface area contributed by atoms with Gasteiger partial charge in [-0.25, -0.2) is 0 Å². The van der Waals surface area contributed by atoms with Gasteiger partial charge in [-0.1, -0.05) is 39.5 Å². The molecule has 1 aliphatic heterocycles. The Labute approximate surface area is 100 Å². The molecule has 94 valence electrons. The fraction of sp³-hybridized carbons (Fsp3) is 0.929. The molecular weight excluding hydrogens is 198 g/mol. The van der Waals surface area contributed by atoms with Crippen molar-refractivity contribution >= 4 is 5.91 Å². The smallest absolute Gasteiger partial charge is 0.225 e. The molecule has 2 heteroatoms. The Balaban J connectivity index is 2.44. The number of likely N-dealkylation sites (tertiary alicyclic amines) is 1. The highest BCUT2D eigenvalue weighted by molar-refractivity contribution is 5.78. The summed E-state index contributed by atoms with van der Waals surface area (Å²) in [5, 5.41) is 0. The molecule has 0 aromatic rings. The molecule has 0 aromatic heterocycles. The van der Waals surface area contributed by atoms with Gasteiger partial charge in [0.25, 0.3) is 0 Å². The van der Waals surface area contributed by atoms with E-state index >= 15 is 0 Å². The van der Waals surface area contributed by atoms with Gasteiger partial charge in [0, 0.05) is 19.0 Å². The first-order valence-corrected chi connectivity index (χ1v) is 7.08. The van der Waals surface area contributed by atoms with Crippen molar-refractivity contribution in [3.05, 3.63) is 0 Å². The quantitative estimate of drug-likeness (QED) is 0.700. The zero-order valence-electron chi connectivity index (χ0n) is 11.0. The van der Waals surface area contributed by atoms with Crippen molar-refractivity contribution in [2.24, 2.45) is 5.92 Å². The molecule has 0 unspecified atom stereocenters. The van der Waals surface area contributed by atoms with E-state index in [0.717, 1.165) is 25.9 Å². The molecule has 1 amide bonds. The Bertz CT molecular complexity index is 195. The molecule has 0 saturated carbocycles. The maximum atomic E-state index is 12.3. The molecule has 1 heterocycles. The van der Waals surface area contributed by atoms with E-state index in [2.05, 4.69) is 18.7 Å². The molecule has 0 spiro atoms. The standard InChI is InChI=1S/C14H27NO/c1-3-5-10-13(4-2)14(16)15-11-8-6-7-9-12-15/h13H,3-12H2,1-2H3/t13-/m0/s1. The van der Waals surface area contributed by atoms with E-state index in [1.165, 1.54) is 38.5 Å². The lowest BCUT2D eigenvalue weighted by Crippen LogP contribution is -2.36. The third-order valence-corrected chi connectivity index (χ3v) is 3.67. The second kappa shape index (κ2) is 7.70. The number of unbranched alkanes of at least 4 members (excludes halogenated alkanes) is 1. The third kappa shape index (κ3) is 4.15.